The van der Waals surface area contributed by atoms with Crippen molar-refractivity contribution >= 4 is 40.4 Å². The molecule has 0 aliphatic heterocycles. The van der Waals surface area contributed by atoms with Crippen LogP contribution in [0, 0.1) is 0 Å². The monoisotopic (exact) mass is 334 g/mol. The van der Waals surface area contributed by atoms with Gasteiger partial charge in [0.15, 0.2) is 11.2 Å². The number of amides is 1. The number of nitrogens with zero attached hydrogens (tertiary/aromatic N) is 5. The molecule has 0 spiro atoms. The lowest BCUT2D eigenvalue weighted by molar-refractivity contribution is -0.115. The minimum Gasteiger partial charge on any atom is -0.369 e. The van der Waals surface area contributed by atoms with E-state index >= 15 is 0 Å². The molecule has 112 valence electrons. The van der Waals surface area contributed by atoms with Crippen LogP contribution in [-0.4, -0.2) is 36.6 Å². The first-order chi connectivity index (χ1) is 10.6. The quantitative estimate of drug-likeness (QED) is 0.560. The number of fused-ring (bicyclic) bond motifs is 1. The van der Waals surface area contributed by atoms with Gasteiger partial charge in [0.2, 0.25) is 5.91 Å². The van der Waals surface area contributed by atoms with Crippen LogP contribution in [0.4, 0.5) is 0 Å². The van der Waals surface area contributed by atoms with Crippen molar-refractivity contribution in [1.29, 1.82) is 0 Å². The molecule has 0 fully saturated rings. The first-order valence-corrected chi connectivity index (χ1v) is 7.69. The van der Waals surface area contributed by atoms with Crippen molar-refractivity contribution in [3.8, 4) is 0 Å². The summed E-state index contributed by atoms with van der Waals surface area (Å²) >= 11 is 7.09. The average Bonchev–Trinajstić information content (AvgIpc) is 2.91. The highest BCUT2D eigenvalue weighted by Crippen LogP contribution is 2.22. The largest absolute Gasteiger partial charge is 0.369 e. The predicted octanol–water partition coefficient (Wildman–Crippen LogP) is 1.50. The lowest BCUT2D eigenvalue weighted by atomic mass is 10.2. The number of aromatic nitrogens is 5. The van der Waals surface area contributed by atoms with Gasteiger partial charge in [-0.05, 0) is 17.7 Å². The van der Waals surface area contributed by atoms with E-state index in [9.17, 15) is 4.79 Å². The zero-order valence-corrected chi connectivity index (χ0v) is 12.9. The molecule has 3 aromatic rings. The Bertz CT molecular complexity index is 819. The van der Waals surface area contributed by atoms with E-state index in [1.54, 1.807) is 4.68 Å². The van der Waals surface area contributed by atoms with Crippen molar-refractivity contribution in [2.75, 3.05) is 5.75 Å². The molecule has 0 bridgehead atoms. The molecule has 0 saturated heterocycles. The number of hydrogen-bond acceptors (Lipinski definition) is 6. The van der Waals surface area contributed by atoms with E-state index in [0.29, 0.717) is 27.8 Å². The molecular formula is C13H11ClN6OS. The normalized spacial score (nSPS) is 11.0. The number of rotatable bonds is 5. The zero-order chi connectivity index (χ0) is 15.5. The van der Waals surface area contributed by atoms with Crippen LogP contribution in [0.15, 0.2) is 35.6 Å². The van der Waals surface area contributed by atoms with Gasteiger partial charge in [-0.15, -0.1) is 5.10 Å². The van der Waals surface area contributed by atoms with E-state index in [4.69, 9.17) is 17.3 Å². The van der Waals surface area contributed by atoms with Crippen molar-refractivity contribution in [3.05, 3.63) is 41.2 Å². The van der Waals surface area contributed by atoms with Crippen molar-refractivity contribution in [2.45, 2.75) is 11.6 Å². The number of hydrogen-bond donors (Lipinski definition) is 1. The Balaban J connectivity index is 1.90. The molecule has 9 heteroatoms. The Kier molecular flexibility index (Phi) is 4.21. The smallest absolute Gasteiger partial charge is 0.227 e. The van der Waals surface area contributed by atoms with E-state index < -0.39 is 5.91 Å². The Morgan fingerprint density at radius 1 is 1.27 bits per heavy atom. The SMILES string of the molecule is NC(=O)CSc1ncnc2c1nnn2Cc1ccc(Cl)cc1. The van der Waals surface area contributed by atoms with Crippen LogP contribution in [0.5, 0.6) is 0 Å². The van der Waals surface area contributed by atoms with E-state index in [2.05, 4.69) is 20.3 Å². The number of primary amides is 1. The topological polar surface area (TPSA) is 99.6 Å². The molecule has 0 atom stereocenters. The van der Waals surface area contributed by atoms with E-state index in [1.165, 1.54) is 18.1 Å². The predicted molar refractivity (Wildman–Crippen MR) is 83.6 cm³/mol. The fourth-order valence-corrected chi connectivity index (χ4v) is 2.68. The number of thioether (sulfide) groups is 1. The van der Waals surface area contributed by atoms with E-state index in [0.717, 1.165) is 5.56 Å². The molecule has 0 saturated carbocycles. The van der Waals surface area contributed by atoms with Crippen molar-refractivity contribution < 1.29 is 4.79 Å². The molecule has 0 aliphatic rings. The summed E-state index contributed by atoms with van der Waals surface area (Å²) in [4.78, 5) is 19.2. The summed E-state index contributed by atoms with van der Waals surface area (Å²) in [5.41, 5.74) is 7.34. The van der Waals surface area contributed by atoms with Gasteiger partial charge >= 0.3 is 0 Å². The maximum Gasteiger partial charge on any atom is 0.227 e. The Hall–Kier alpha value is -2.19. The van der Waals surface area contributed by atoms with Gasteiger partial charge in [-0.2, -0.15) is 0 Å². The van der Waals surface area contributed by atoms with Gasteiger partial charge < -0.3 is 5.73 Å². The number of carbonyl (C=O) groups is 1. The van der Waals surface area contributed by atoms with Gasteiger partial charge in [-0.25, -0.2) is 14.6 Å². The molecule has 2 aromatic heterocycles. The third kappa shape index (κ3) is 3.18. The van der Waals surface area contributed by atoms with Gasteiger partial charge in [0, 0.05) is 5.02 Å². The highest BCUT2D eigenvalue weighted by molar-refractivity contribution is 8.00. The summed E-state index contributed by atoms with van der Waals surface area (Å²) in [7, 11) is 0. The number of nitrogens with two attached hydrogens (primary N) is 1. The maximum atomic E-state index is 10.9. The third-order valence-corrected chi connectivity index (χ3v) is 4.12. The summed E-state index contributed by atoms with van der Waals surface area (Å²) in [5.74, 6) is -0.277. The molecule has 1 aromatic carbocycles. The molecular weight excluding hydrogens is 324 g/mol. The average molecular weight is 335 g/mol. The summed E-state index contributed by atoms with van der Waals surface area (Å²) in [5, 5.41) is 9.47. The first-order valence-electron chi connectivity index (χ1n) is 6.33. The standard InChI is InChI=1S/C13H11ClN6OS/c14-9-3-1-8(2-4-9)5-20-12-11(18-19-20)13(17-7-16-12)22-6-10(15)21/h1-4,7H,5-6H2,(H2,15,21). The van der Waals surface area contributed by atoms with Crippen LogP contribution in [0.1, 0.15) is 5.56 Å². The molecule has 1 amide bonds. The molecule has 2 N–H and O–H groups in total. The van der Waals surface area contributed by atoms with Crippen LogP contribution >= 0.6 is 23.4 Å². The van der Waals surface area contributed by atoms with Crippen LogP contribution in [0.25, 0.3) is 11.2 Å². The maximum absolute atomic E-state index is 10.9. The number of halogens is 1. The van der Waals surface area contributed by atoms with Gasteiger partial charge in [-0.1, -0.05) is 40.7 Å². The zero-order valence-electron chi connectivity index (χ0n) is 11.3. The number of benzene rings is 1. The summed E-state index contributed by atoms with van der Waals surface area (Å²) in [6.07, 6.45) is 1.42. The van der Waals surface area contributed by atoms with E-state index in [1.807, 2.05) is 24.3 Å². The minimum atomic E-state index is -0.412. The van der Waals surface area contributed by atoms with Crippen molar-refractivity contribution in [2.24, 2.45) is 5.73 Å². The minimum absolute atomic E-state index is 0.135. The third-order valence-electron chi connectivity index (χ3n) is 2.86. The van der Waals surface area contributed by atoms with Crippen LogP contribution in [0.3, 0.4) is 0 Å². The lowest BCUT2D eigenvalue weighted by Gasteiger charge is -2.03. The lowest BCUT2D eigenvalue weighted by Crippen LogP contribution is -2.13. The Morgan fingerprint density at radius 2 is 2.05 bits per heavy atom. The summed E-state index contributed by atoms with van der Waals surface area (Å²) < 4.78 is 1.68. The second-order valence-electron chi connectivity index (χ2n) is 4.48. The van der Waals surface area contributed by atoms with Crippen molar-refractivity contribution in [3.63, 3.8) is 0 Å². The highest BCUT2D eigenvalue weighted by Gasteiger charge is 2.13. The molecule has 7 nitrogen and oxygen atoms in total. The Labute approximate surface area is 134 Å². The molecule has 2 heterocycles. The van der Waals surface area contributed by atoms with Crippen molar-refractivity contribution in [1.82, 2.24) is 25.0 Å². The van der Waals surface area contributed by atoms with Crippen LogP contribution in [-0.2, 0) is 11.3 Å². The van der Waals surface area contributed by atoms with Gasteiger partial charge in [0.25, 0.3) is 0 Å². The second kappa shape index (κ2) is 6.29. The van der Waals surface area contributed by atoms with Crippen LogP contribution < -0.4 is 5.73 Å². The van der Waals surface area contributed by atoms with Gasteiger partial charge in [-0.3, -0.25) is 4.79 Å². The molecule has 0 aliphatic carbocycles. The molecule has 0 radical (unpaired) electrons. The fraction of sp³-hybridized carbons (Fsp3) is 0.154. The first kappa shape index (κ1) is 14.7. The van der Waals surface area contributed by atoms with Crippen LogP contribution in [0.2, 0.25) is 5.02 Å². The number of carbonyl (C=O) groups excluding carboxylic acids is 1. The second-order valence-corrected chi connectivity index (χ2v) is 5.88. The summed E-state index contributed by atoms with van der Waals surface area (Å²) in [6, 6.07) is 7.47. The highest BCUT2D eigenvalue weighted by atomic mass is 35.5. The van der Waals surface area contributed by atoms with Gasteiger partial charge in [0.1, 0.15) is 11.4 Å². The van der Waals surface area contributed by atoms with E-state index in [-0.39, 0.29) is 5.75 Å². The molecule has 22 heavy (non-hydrogen) atoms. The summed E-state index contributed by atoms with van der Waals surface area (Å²) in [6.45, 7) is 0.518. The molecule has 3 rings (SSSR count). The Morgan fingerprint density at radius 3 is 2.77 bits per heavy atom. The fourth-order valence-electron chi connectivity index (χ4n) is 1.89. The van der Waals surface area contributed by atoms with Gasteiger partial charge in [0.05, 0.1) is 12.3 Å². The molecule has 0 unspecified atom stereocenters.